The molecule has 128 valence electrons. The predicted octanol–water partition coefficient (Wildman–Crippen LogP) is 1.97. The molecule has 8 nitrogen and oxygen atoms in total. The third-order valence-electron chi connectivity index (χ3n) is 4.39. The zero-order valence-electron chi connectivity index (χ0n) is 13.8. The first-order valence-electron chi connectivity index (χ1n) is 8.25. The molecule has 1 unspecified atom stereocenters. The van der Waals surface area contributed by atoms with Gasteiger partial charge >= 0.3 is 5.69 Å². The molecule has 0 spiro atoms. The fourth-order valence-corrected chi connectivity index (χ4v) is 3.20. The summed E-state index contributed by atoms with van der Waals surface area (Å²) in [5.41, 5.74) is -0.0526. The Morgan fingerprint density at radius 3 is 2.83 bits per heavy atom. The van der Waals surface area contributed by atoms with Gasteiger partial charge in [-0.3, -0.25) is 10.1 Å². The van der Waals surface area contributed by atoms with E-state index in [0.717, 1.165) is 32.2 Å². The molecule has 1 atom stereocenters. The molecular weight excluding hydrogens is 298 g/mol. The van der Waals surface area contributed by atoms with Crippen LogP contribution in [0.25, 0.3) is 0 Å². The molecule has 1 aromatic rings. The van der Waals surface area contributed by atoms with Crippen LogP contribution in [0.5, 0.6) is 0 Å². The summed E-state index contributed by atoms with van der Waals surface area (Å²) in [7, 11) is 0. The molecule has 1 aliphatic heterocycles. The highest BCUT2D eigenvalue weighted by molar-refractivity contribution is 5.71. The van der Waals surface area contributed by atoms with Gasteiger partial charge < -0.3 is 14.9 Å². The Morgan fingerprint density at radius 2 is 2.22 bits per heavy atom. The third-order valence-corrected chi connectivity index (χ3v) is 4.39. The standard InChI is InChI=1S/C15H25N5O3/c1-3-12-7-5-6-8-19(12)15-13(20(22)23)14(16-11-17-15)18(4-2)9-10-21/h11-12,21H,3-10H2,1-2H3. The van der Waals surface area contributed by atoms with Gasteiger partial charge in [-0.15, -0.1) is 0 Å². The van der Waals surface area contributed by atoms with Crippen molar-refractivity contribution in [2.24, 2.45) is 0 Å². The summed E-state index contributed by atoms with van der Waals surface area (Å²) in [6, 6.07) is 0.276. The highest BCUT2D eigenvalue weighted by atomic mass is 16.6. The fraction of sp³-hybridized carbons (Fsp3) is 0.733. The number of nitro groups is 1. The largest absolute Gasteiger partial charge is 0.395 e. The van der Waals surface area contributed by atoms with E-state index in [-0.39, 0.29) is 24.2 Å². The summed E-state index contributed by atoms with van der Waals surface area (Å²) < 4.78 is 0. The van der Waals surface area contributed by atoms with E-state index in [1.807, 2.05) is 6.92 Å². The third kappa shape index (κ3) is 3.69. The lowest BCUT2D eigenvalue weighted by molar-refractivity contribution is -0.383. The van der Waals surface area contributed by atoms with E-state index in [2.05, 4.69) is 21.8 Å². The van der Waals surface area contributed by atoms with Crippen molar-refractivity contribution in [2.75, 3.05) is 36.0 Å². The van der Waals surface area contributed by atoms with Crippen LogP contribution in [0, 0.1) is 10.1 Å². The maximum absolute atomic E-state index is 11.7. The Morgan fingerprint density at radius 1 is 1.43 bits per heavy atom. The number of rotatable bonds is 7. The van der Waals surface area contributed by atoms with Crippen LogP contribution in [0.15, 0.2) is 6.33 Å². The molecular formula is C15H25N5O3. The van der Waals surface area contributed by atoms with Crippen LogP contribution in [0.3, 0.4) is 0 Å². The Balaban J connectivity index is 2.48. The number of aliphatic hydroxyl groups is 1. The molecule has 23 heavy (non-hydrogen) atoms. The van der Waals surface area contributed by atoms with E-state index in [1.165, 1.54) is 6.33 Å². The maximum atomic E-state index is 11.7. The molecule has 0 aliphatic carbocycles. The zero-order chi connectivity index (χ0) is 16.8. The highest BCUT2D eigenvalue weighted by Crippen LogP contribution is 2.37. The number of hydrogen-bond acceptors (Lipinski definition) is 7. The molecule has 1 aromatic heterocycles. The van der Waals surface area contributed by atoms with Crippen LogP contribution >= 0.6 is 0 Å². The smallest absolute Gasteiger partial charge is 0.353 e. The van der Waals surface area contributed by atoms with Crippen molar-refractivity contribution in [1.29, 1.82) is 0 Å². The second-order valence-electron chi connectivity index (χ2n) is 5.68. The molecule has 2 rings (SSSR count). The minimum Gasteiger partial charge on any atom is -0.395 e. The first-order valence-corrected chi connectivity index (χ1v) is 8.25. The van der Waals surface area contributed by atoms with Crippen LogP contribution < -0.4 is 9.80 Å². The van der Waals surface area contributed by atoms with Gasteiger partial charge in [0.15, 0.2) is 0 Å². The molecule has 0 amide bonds. The lowest BCUT2D eigenvalue weighted by Gasteiger charge is -2.36. The van der Waals surface area contributed by atoms with Gasteiger partial charge in [0.1, 0.15) is 6.33 Å². The number of hydrogen-bond donors (Lipinski definition) is 1. The van der Waals surface area contributed by atoms with E-state index in [4.69, 9.17) is 0 Å². The summed E-state index contributed by atoms with van der Waals surface area (Å²) in [5, 5.41) is 20.9. The van der Waals surface area contributed by atoms with Crippen molar-refractivity contribution in [1.82, 2.24) is 9.97 Å². The molecule has 0 saturated carbocycles. The fourth-order valence-electron chi connectivity index (χ4n) is 3.20. The van der Waals surface area contributed by atoms with Crippen molar-refractivity contribution < 1.29 is 10.0 Å². The number of likely N-dealkylation sites (N-methyl/N-ethyl adjacent to an activating group) is 1. The summed E-state index contributed by atoms with van der Waals surface area (Å²) in [6.45, 7) is 5.53. The first-order chi connectivity index (χ1) is 11.1. The number of nitrogens with zero attached hydrogens (tertiary/aromatic N) is 5. The van der Waals surface area contributed by atoms with E-state index >= 15 is 0 Å². The number of piperidine rings is 1. The predicted molar refractivity (Wildman–Crippen MR) is 88.9 cm³/mol. The quantitative estimate of drug-likeness (QED) is 0.605. The summed E-state index contributed by atoms with van der Waals surface area (Å²) in [5.74, 6) is 0.694. The SMILES string of the molecule is CCC1CCCCN1c1ncnc(N(CC)CCO)c1[N+](=O)[O-]. The average Bonchev–Trinajstić information content (AvgIpc) is 2.58. The molecule has 0 bridgehead atoms. The van der Waals surface area contributed by atoms with Gasteiger partial charge in [-0.05, 0) is 32.6 Å². The lowest BCUT2D eigenvalue weighted by atomic mass is 10.00. The molecule has 1 saturated heterocycles. The highest BCUT2D eigenvalue weighted by Gasteiger charge is 2.33. The van der Waals surface area contributed by atoms with Crippen LogP contribution in [-0.2, 0) is 0 Å². The van der Waals surface area contributed by atoms with E-state index in [0.29, 0.717) is 18.9 Å². The molecule has 8 heteroatoms. The van der Waals surface area contributed by atoms with Crippen molar-refractivity contribution in [3.63, 3.8) is 0 Å². The Labute approximate surface area is 136 Å². The molecule has 0 radical (unpaired) electrons. The lowest BCUT2D eigenvalue weighted by Crippen LogP contribution is -2.40. The normalized spacial score (nSPS) is 18.0. The topological polar surface area (TPSA) is 95.6 Å². The van der Waals surface area contributed by atoms with Crippen molar-refractivity contribution >= 4 is 17.3 Å². The monoisotopic (exact) mass is 323 g/mol. The minimum absolute atomic E-state index is 0.0526. The van der Waals surface area contributed by atoms with E-state index in [9.17, 15) is 15.2 Å². The Kier molecular flexibility index (Phi) is 6.09. The van der Waals surface area contributed by atoms with Crippen LogP contribution in [0.1, 0.15) is 39.5 Å². The maximum Gasteiger partial charge on any atom is 0.353 e. The van der Waals surface area contributed by atoms with Gasteiger partial charge in [0.25, 0.3) is 0 Å². The summed E-state index contributed by atoms with van der Waals surface area (Å²) >= 11 is 0. The zero-order valence-corrected chi connectivity index (χ0v) is 13.8. The van der Waals surface area contributed by atoms with Gasteiger partial charge in [-0.2, -0.15) is 0 Å². The Hall–Kier alpha value is -1.96. The van der Waals surface area contributed by atoms with Crippen molar-refractivity contribution in [2.45, 2.75) is 45.6 Å². The van der Waals surface area contributed by atoms with E-state index < -0.39 is 4.92 Å². The number of aliphatic hydroxyl groups excluding tert-OH is 1. The molecule has 1 aliphatic rings. The first kappa shape index (κ1) is 17.4. The van der Waals surface area contributed by atoms with Crippen molar-refractivity contribution in [3.8, 4) is 0 Å². The van der Waals surface area contributed by atoms with Crippen molar-refractivity contribution in [3.05, 3.63) is 16.4 Å². The van der Waals surface area contributed by atoms with E-state index in [1.54, 1.807) is 4.90 Å². The van der Waals surface area contributed by atoms with Gasteiger partial charge in [0.2, 0.25) is 11.6 Å². The van der Waals surface area contributed by atoms with Gasteiger partial charge in [0.05, 0.1) is 11.5 Å². The molecule has 1 fully saturated rings. The Bertz CT molecular complexity index is 540. The van der Waals surface area contributed by atoms with Gasteiger partial charge in [0, 0.05) is 25.7 Å². The second-order valence-corrected chi connectivity index (χ2v) is 5.68. The average molecular weight is 323 g/mol. The number of anilines is 2. The minimum atomic E-state index is -0.397. The summed E-state index contributed by atoms with van der Waals surface area (Å²) in [6.07, 6.45) is 5.51. The summed E-state index contributed by atoms with van der Waals surface area (Å²) in [4.78, 5) is 23.5. The van der Waals surface area contributed by atoms with Crippen LogP contribution in [0.4, 0.5) is 17.3 Å². The van der Waals surface area contributed by atoms with Crippen LogP contribution in [-0.4, -0.2) is 52.3 Å². The van der Waals surface area contributed by atoms with Crippen LogP contribution in [0.2, 0.25) is 0 Å². The second kappa shape index (κ2) is 8.05. The molecule has 1 N–H and O–H groups in total. The number of aromatic nitrogens is 2. The molecule has 2 heterocycles. The van der Waals surface area contributed by atoms with Gasteiger partial charge in [-0.1, -0.05) is 6.92 Å². The van der Waals surface area contributed by atoms with Gasteiger partial charge in [-0.25, -0.2) is 9.97 Å². The molecule has 0 aromatic carbocycles.